The first-order valence-electron chi connectivity index (χ1n) is 6.21. The lowest BCUT2D eigenvalue weighted by atomic mass is 10.1. The fourth-order valence-corrected chi connectivity index (χ4v) is 2.75. The van der Waals surface area contributed by atoms with Crippen LogP contribution in [0.4, 0.5) is 0 Å². The zero-order valence-electron chi connectivity index (χ0n) is 9.80. The van der Waals surface area contributed by atoms with Crippen LogP contribution in [0, 0.1) is 11.8 Å². The molecule has 0 aliphatic heterocycles. The van der Waals surface area contributed by atoms with Gasteiger partial charge in [0.1, 0.15) is 0 Å². The topological polar surface area (TPSA) is 76.2 Å². The van der Waals surface area contributed by atoms with Crippen LogP contribution in [0.2, 0.25) is 0 Å². The minimum absolute atomic E-state index is 0.0485. The lowest BCUT2D eigenvalue weighted by Gasteiger charge is -2.01. The number of nitrogens with zero attached hydrogens (tertiary/aromatic N) is 2. The van der Waals surface area contributed by atoms with Crippen LogP contribution in [0.1, 0.15) is 56.2 Å². The summed E-state index contributed by atoms with van der Waals surface area (Å²) in [4.78, 5) is 15.1. The first-order chi connectivity index (χ1) is 8.15. The summed E-state index contributed by atoms with van der Waals surface area (Å²) in [7, 11) is 0. The first-order valence-corrected chi connectivity index (χ1v) is 6.21. The molecule has 92 valence electrons. The van der Waals surface area contributed by atoms with E-state index in [1.165, 1.54) is 6.42 Å². The minimum atomic E-state index is -0.760. The van der Waals surface area contributed by atoms with Gasteiger partial charge in [-0.2, -0.15) is 4.98 Å². The van der Waals surface area contributed by atoms with Crippen molar-refractivity contribution in [1.82, 2.24) is 10.1 Å². The van der Waals surface area contributed by atoms with Gasteiger partial charge in [0.15, 0.2) is 5.82 Å². The van der Waals surface area contributed by atoms with Gasteiger partial charge in [0, 0.05) is 5.92 Å². The predicted octanol–water partition coefficient (Wildman–Crippen LogP) is 2.16. The fourth-order valence-electron chi connectivity index (χ4n) is 2.75. The normalized spacial score (nSPS) is 36.1. The lowest BCUT2D eigenvalue weighted by molar-refractivity contribution is -0.138. The van der Waals surface area contributed by atoms with Crippen molar-refractivity contribution in [2.75, 3.05) is 0 Å². The van der Waals surface area contributed by atoms with Crippen molar-refractivity contribution in [2.45, 2.75) is 44.4 Å². The number of hydrogen-bond donors (Lipinski definition) is 1. The summed E-state index contributed by atoms with van der Waals surface area (Å²) in [5, 5.41) is 12.9. The third-order valence-corrected chi connectivity index (χ3v) is 3.94. The van der Waals surface area contributed by atoms with Crippen molar-refractivity contribution >= 4 is 5.97 Å². The smallest absolute Gasteiger partial charge is 0.307 e. The van der Waals surface area contributed by atoms with Crippen LogP contribution < -0.4 is 0 Å². The Hall–Kier alpha value is -1.39. The van der Waals surface area contributed by atoms with Crippen molar-refractivity contribution in [3.8, 4) is 0 Å². The number of aliphatic carboxylic acids is 1. The molecule has 4 atom stereocenters. The summed E-state index contributed by atoms with van der Waals surface area (Å²) in [6.45, 7) is 2.24. The maximum atomic E-state index is 10.8. The Morgan fingerprint density at radius 3 is 2.82 bits per heavy atom. The third kappa shape index (κ3) is 1.94. The average molecular weight is 236 g/mol. The van der Waals surface area contributed by atoms with E-state index in [-0.39, 0.29) is 11.8 Å². The Balaban J connectivity index is 1.69. The zero-order chi connectivity index (χ0) is 12.0. The summed E-state index contributed by atoms with van der Waals surface area (Å²) in [5.41, 5.74) is 0. The largest absolute Gasteiger partial charge is 0.481 e. The Kier molecular flexibility index (Phi) is 2.42. The number of carboxylic acids is 1. The molecule has 0 saturated heterocycles. The molecular weight excluding hydrogens is 220 g/mol. The van der Waals surface area contributed by atoms with Gasteiger partial charge >= 0.3 is 5.97 Å². The van der Waals surface area contributed by atoms with Crippen LogP contribution in [0.15, 0.2) is 4.52 Å². The molecule has 1 heterocycles. The highest BCUT2D eigenvalue weighted by molar-refractivity contribution is 5.74. The van der Waals surface area contributed by atoms with E-state index in [0.29, 0.717) is 18.2 Å². The van der Waals surface area contributed by atoms with Gasteiger partial charge in [0.25, 0.3) is 0 Å². The second kappa shape index (κ2) is 3.82. The Labute approximate surface area is 99.2 Å². The molecule has 2 aliphatic carbocycles. The quantitative estimate of drug-likeness (QED) is 0.870. The van der Waals surface area contributed by atoms with Gasteiger partial charge in [0.2, 0.25) is 5.89 Å². The van der Waals surface area contributed by atoms with E-state index in [1.807, 2.05) is 0 Å². The maximum absolute atomic E-state index is 10.8. The van der Waals surface area contributed by atoms with Gasteiger partial charge in [-0.1, -0.05) is 12.1 Å². The first kappa shape index (κ1) is 10.7. The van der Waals surface area contributed by atoms with Crippen molar-refractivity contribution in [1.29, 1.82) is 0 Å². The van der Waals surface area contributed by atoms with Gasteiger partial charge in [-0.15, -0.1) is 0 Å². The molecule has 0 amide bonds. The molecule has 0 bridgehead atoms. The van der Waals surface area contributed by atoms with E-state index in [2.05, 4.69) is 17.1 Å². The molecule has 2 fully saturated rings. The second-order valence-electron chi connectivity index (χ2n) is 5.39. The molecule has 3 rings (SSSR count). The summed E-state index contributed by atoms with van der Waals surface area (Å²) < 4.78 is 5.19. The molecule has 0 spiro atoms. The van der Waals surface area contributed by atoms with Gasteiger partial charge < -0.3 is 9.63 Å². The molecule has 4 unspecified atom stereocenters. The zero-order valence-corrected chi connectivity index (χ0v) is 9.80. The fraction of sp³-hybridized carbons (Fsp3) is 0.750. The molecule has 17 heavy (non-hydrogen) atoms. The van der Waals surface area contributed by atoms with E-state index in [1.54, 1.807) is 0 Å². The lowest BCUT2D eigenvalue weighted by Crippen LogP contribution is -1.99. The molecule has 2 aliphatic rings. The average Bonchev–Trinajstić information content (AvgIpc) is 2.74. The summed E-state index contributed by atoms with van der Waals surface area (Å²) in [6, 6.07) is 0. The number of hydrogen-bond acceptors (Lipinski definition) is 4. The van der Waals surface area contributed by atoms with Crippen LogP contribution >= 0.6 is 0 Å². The molecule has 0 aromatic carbocycles. The van der Waals surface area contributed by atoms with Crippen molar-refractivity contribution in [3.05, 3.63) is 11.7 Å². The van der Waals surface area contributed by atoms with E-state index >= 15 is 0 Å². The van der Waals surface area contributed by atoms with Crippen molar-refractivity contribution < 1.29 is 14.4 Å². The van der Waals surface area contributed by atoms with Gasteiger partial charge in [0.05, 0.1) is 11.8 Å². The number of rotatable bonds is 3. The number of carbonyl (C=O) groups is 1. The van der Waals surface area contributed by atoms with Crippen LogP contribution in [-0.4, -0.2) is 21.2 Å². The van der Waals surface area contributed by atoms with Gasteiger partial charge in [-0.3, -0.25) is 4.79 Å². The van der Waals surface area contributed by atoms with E-state index in [0.717, 1.165) is 24.6 Å². The van der Waals surface area contributed by atoms with Crippen molar-refractivity contribution in [3.63, 3.8) is 0 Å². The second-order valence-corrected chi connectivity index (χ2v) is 5.39. The minimum Gasteiger partial charge on any atom is -0.481 e. The highest BCUT2D eigenvalue weighted by Crippen LogP contribution is 2.47. The number of carboxylic acid groups (broad SMARTS) is 1. The molecule has 5 heteroatoms. The molecule has 5 nitrogen and oxygen atoms in total. The van der Waals surface area contributed by atoms with E-state index in [9.17, 15) is 4.79 Å². The van der Waals surface area contributed by atoms with Crippen molar-refractivity contribution in [2.24, 2.45) is 11.8 Å². The van der Waals surface area contributed by atoms with Crippen LogP contribution in [-0.2, 0) is 4.79 Å². The van der Waals surface area contributed by atoms with Gasteiger partial charge in [-0.25, -0.2) is 0 Å². The standard InChI is InChI=1S/C12H16N2O3/c1-6-2-3-7(4-6)10-13-11(17-14-10)8-5-9(8)12(15)16/h6-9H,2-5H2,1H3,(H,15,16). The van der Waals surface area contributed by atoms with E-state index < -0.39 is 5.97 Å². The SMILES string of the molecule is CC1CCC(c2noc(C3CC3C(=O)O)n2)C1. The Bertz CT molecular complexity index is 443. The third-order valence-electron chi connectivity index (χ3n) is 3.94. The van der Waals surface area contributed by atoms with Gasteiger partial charge in [-0.05, 0) is 31.6 Å². The van der Waals surface area contributed by atoms with Crippen LogP contribution in [0.25, 0.3) is 0 Å². The maximum Gasteiger partial charge on any atom is 0.307 e. The highest BCUT2D eigenvalue weighted by atomic mass is 16.5. The number of aromatic nitrogens is 2. The Morgan fingerprint density at radius 1 is 1.41 bits per heavy atom. The predicted molar refractivity (Wildman–Crippen MR) is 58.5 cm³/mol. The monoisotopic (exact) mass is 236 g/mol. The molecule has 1 N–H and O–H groups in total. The van der Waals surface area contributed by atoms with Crippen LogP contribution in [0.5, 0.6) is 0 Å². The summed E-state index contributed by atoms with van der Waals surface area (Å²) in [6.07, 6.45) is 4.09. The summed E-state index contributed by atoms with van der Waals surface area (Å²) in [5.74, 6) is 1.31. The molecular formula is C12H16N2O3. The molecule has 0 radical (unpaired) electrons. The van der Waals surface area contributed by atoms with E-state index in [4.69, 9.17) is 9.63 Å². The molecule has 2 saturated carbocycles. The molecule has 1 aromatic heterocycles. The highest BCUT2D eigenvalue weighted by Gasteiger charge is 2.48. The summed E-state index contributed by atoms with van der Waals surface area (Å²) >= 11 is 0. The Morgan fingerprint density at radius 2 is 2.24 bits per heavy atom. The van der Waals surface area contributed by atoms with Crippen LogP contribution in [0.3, 0.4) is 0 Å². The molecule has 1 aromatic rings.